The van der Waals surface area contributed by atoms with Crippen LogP contribution in [0.25, 0.3) is 0 Å². The number of benzene rings is 2. The standard InChI is InChI=1S/C23H30FN2.HI/c1-26(2)14-6-5-8-20(26)16-25-22-15-18-7-3-4-9-21(18)23(22)17-10-12-19(24)13-11-17;/h3-4,7,9-13,20,22-23,25H,5-6,8,14-16H2,1-2H3;1H/q+1;/p-1. The zero-order chi connectivity index (χ0) is 18.1. The van der Waals surface area contributed by atoms with E-state index in [2.05, 4.69) is 43.7 Å². The average Bonchev–Trinajstić information content (AvgIpc) is 2.99. The topological polar surface area (TPSA) is 12.0 Å². The Morgan fingerprint density at radius 2 is 1.78 bits per heavy atom. The molecule has 2 aromatic rings. The van der Waals surface area contributed by atoms with E-state index >= 15 is 0 Å². The minimum absolute atomic E-state index is 0. The van der Waals surface area contributed by atoms with Gasteiger partial charge in [0.1, 0.15) is 11.9 Å². The van der Waals surface area contributed by atoms with Gasteiger partial charge in [-0.2, -0.15) is 0 Å². The number of quaternary nitrogens is 1. The van der Waals surface area contributed by atoms with Crippen LogP contribution >= 0.6 is 0 Å². The third-order valence-electron chi connectivity index (χ3n) is 6.59. The molecule has 146 valence electrons. The van der Waals surface area contributed by atoms with Gasteiger partial charge in [-0.1, -0.05) is 36.4 Å². The van der Waals surface area contributed by atoms with Crippen LogP contribution in [-0.4, -0.2) is 43.8 Å². The lowest BCUT2D eigenvalue weighted by Gasteiger charge is -2.42. The Balaban J connectivity index is 0.00000210. The Morgan fingerprint density at radius 3 is 2.52 bits per heavy atom. The van der Waals surface area contributed by atoms with Gasteiger partial charge in [-0.15, -0.1) is 0 Å². The highest BCUT2D eigenvalue weighted by Gasteiger charge is 2.36. The van der Waals surface area contributed by atoms with Crippen LogP contribution in [0.2, 0.25) is 0 Å². The molecule has 4 rings (SSSR count). The number of hydrogen-bond acceptors (Lipinski definition) is 1. The predicted octanol–water partition coefficient (Wildman–Crippen LogP) is 1.10. The molecule has 1 fully saturated rings. The van der Waals surface area contributed by atoms with Gasteiger partial charge >= 0.3 is 0 Å². The van der Waals surface area contributed by atoms with Gasteiger partial charge < -0.3 is 33.8 Å². The van der Waals surface area contributed by atoms with E-state index in [0.717, 1.165) is 17.4 Å². The zero-order valence-corrected chi connectivity index (χ0v) is 18.5. The Labute approximate surface area is 179 Å². The molecule has 0 saturated carbocycles. The van der Waals surface area contributed by atoms with E-state index in [1.807, 2.05) is 12.1 Å². The third kappa shape index (κ3) is 4.38. The molecule has 27 heavy (non-hydrogen) atoms. The quantitative estimate of drug-likeness (QED) is 0.511. The number of rotatable bonds is 4. The molecule has 3 atom stereocenters. The molecular formula is C23H30FIN2. The maximum atomic E-state index is 13.4. The maximum absolute atomic E-state index is 13.4. The van der Waals surface area contributed by atoms with E-state index in [4.69, 9.17) is 0 Å². The number of nitrogens with zero attached hydrogens (tertiary/aromatic N) is 1. The fourth-order valence-electron chi connectivity index (χ4n) is 4.93. The van der Waals surface area contributed by atoms with Crippen LogP contribution in [0.15, 0.2) is 48.5 Å². The van der Waals surface area contributed by atoms with Crippen molar-refractivity contribution >= 4 is 0 Å². The second kappa shape index (κ2) is 8.58. The molecule has 1 aliphatic heterocycles. The summed E-state index contributed by atoms with van der Waals surface area (Å²) in [6.07, 6.45) is 5.05. The molecule has 1 aliphatic carbocycles. The Hall–Kier alpha value is -0.980. The minimum atomic E-state index is -0.161. The Kier molecular flexibility index (Phi) is 6.59. The van der Waals surface area contributed by atoms with E-state index < -0.39 is 0 Å². The van der Waals surface area contributed by atoms with E-state index in [0.29, 0.717) is 18.0 Å². The molecule has 0 radical (unpaired) electrons. The lowest BCUT2D eigenvalue weighted by molar-refractivity contribution is -0.918. The first-order chi connectivity index (χ1) is 12.5. The lowest BCUT2D eigenvalue weighted by Crippen LogP contribution is -3.00. The van der Waals surface area contributed by atoms with Crippen molar-refractivity contribution in [3.63, 3.8) is 0 Å². The van der Waals surface area contributed by atoms with Crippen molar-refractivity contribution in [1.82, 2.24) is 5.32 Å². The molecule has 2 nitrogen and oxygen atoms in total. The van der Waals surface area contributed by atoms with Gasteiger partial charge in [0.05, 0.1) is 20.6 Å². The van der Waals surface area contributed by atoms with Gasteiger partial charge in [0.15, 0.2) is 0 Å². The molecule has 0 spiro atoms. The summed E-state index contributed by atoms with van der Waals surface area (Å²) < 4.78 is 14.5. The van der Waals surface area contributed by atoms with Crippen molar-refractivity contribution in [3.05, 3.63) is 71.0 Å². The zero-order valence-electron chi connectivity index (χ0n) is 16.3. The smallest absolute Gasteiger partial charge is 0.123 e. The summed E-state index contributed by atoms with van der Waals surface area (Å²) in [5, 5.41) is 3.91. The monoisotopic (exact) mass is 480 g/mol. The van der Waals surface area contributed by atoms with Crippen LogP contribution in [0.1, 0.15) is 41.9 Å². The molecule has 0 bridgehead atoms. The highest BCUT2D eigenvalue weighted by atomic mass is 127. The first-order valence-corrected chi connectivity index (χ1v) is 9.94. The molecule has 2 aromatic carbocycles. The van der Waals surface area contributed by atoms with Crippen LogP contribution in [0, 0.1) is 5.82 Å². The van der Waals surface area contributed by atoms with Crippen LogP contribution in [0.5, 0.6) is 0 Å². The van der Waals surface area contributed by atoms with E-state index in [1.165, 1.54) is 42.5 Å². The van der Waals surface area contributed by atoms with Crippen LogP contribution in [0.4, 0.5) is 4.39 Å². The Bertz CT molecular complexity index is 759. The normalized spacial score (nSPS) is 26.3. The van der Waals surface area contributed by atoms with Crippen molar-refractivity contribution < 1.29 is 32.9 Å². The number of likely N-dealkylation sites (N-methyl/N-ethyl adjacent to an activating group) is 1. The van der Waals surface area contributed by atoms with Gasteiger partial charge in [-0.3, -0.25) is 0 Å². The van der Waals surface area contributed by atoms with Crippen molar-refractivity contribution in [2.75, 3.05) is 27.2 Å². The summed E-state index contributed by atoms with van der Waals surface area (Å²) in [6, 6.07) is 16.9. The fraction of sp³-hybridized carbons (Fsp3) is 0.478. The lowest BCUT2D eigenvalue weighted by atomic mass is 9.89. The number of fused-ring (bicyclic) bond motifs is 1. The molecular weight excluding hydrogens is 450 g/mol. The van der Waals surface area contributed by atoms with Crippen LogP contribution in [0.3, 0.4) is 0 Å². The summed E-state index contributed by atoms with van der Waals surface area (Å²) in [6.45, 7) is 2.34. The predicted molar refractivity (Wildman–Crippen MR) is 105 cm³/mol. The molecule has 1 saturated heterocycles. The van der Waals surface area contributed by atoms with E-state index in [9.17, 15) is 4.39 Å². The van der Waals surface area contributed by atoms with Gasteiger partial charge in [0, 0.05) is 24.9 Å². The van der Waals surface area contributed by atoms with Crippen molar-refractivity contribution in [3.8, 4) is 0 Å². The molecule has 1 heterocycles. The summed E-state index contributed by atoms with van der Waals surface area (Å²) in [7, 11) is 4.73. The molecule has 1 N–H and O–H groups in total. The van der Waals surface area contributed by atoms with Crippen molar-refractivity contribution in [1.29, 1.82) is 0 Å². The number of halogens is 2. The first kappa shape index (κ1) is 20.7. The summed E-state index contributed by atoms with van der Waals surface area (Å²) in [4.78, 5) is 0. The molecule has 2 aliphatic rings. The number of nitrogens with one attached hydrogen (secondary N) is 1. The molecule has 0 amide bonds. The number of likely N-dealkylation sites (tertiary alicyclic amines) is 1. The van der Waals surface area contributed by atoms with Crippen LogP contribution in [-0.2, 0) is 6.42 Å². The van der Waals surface area contributed by atoms with Gasteiger partial charge in [-0.05, 0) is 48.1 Å². The average molecular weight is 480 g/mol. The second-order valence-electron chi connectivity index (χ2n) is 8.60. The maximum Gasteiger partial charge on any atom is 0.123 e. The second-order valence-corrected chi connectivity index (χ2v) is 8.60. The largest absolute Gasteiger partial charge is 1.00 e. The summed E-state index contributed by atoms with van der Waals surface area (Å²) in [5.74, 6) is 0.150. The SMILES string of the molecule is C[N+]1(C)CCCCC1CNC1Cc2ccccc2C1c1ccc(F)cc1.[I-]. The minimum Gasteiger partial charge on any atom is -1.00 e. The number of hydrogen-bond donors (Lipinski definition) is 1. The third-order valence-corrected chi connectivity index (χ3v) is 6.59. The van der Waals surface area contributed by atoms with Gasteiger partial charge in [-0.25, -0.2) is 4.39 Å². The Morgan fingerprint density at radius 1 is 1.04 bits per heavy atom. The first-order valence-electron chi connectivity index (χ1n) is 9.94. The molecule has 4 heteroatoms. The summed E-state index contributed by atoms with van der Waals surface area (Å²) >= 11 is 0. The van der Waals surface area contributed by atoms with Gasteiger partial charge in [0.25, 0.3) is 0 Å². The van der Waals surface area contributed by atoms with Crippen LogP contribution < -0.4 is 29.3 Å². The molecule has 0 aromatic heterocycles. The highest BCUT2D eigenvalue weighted by molar-refractivity contribution is 5.44. The van der Waals surface area contributed by atoms with Gasteiger partial charge in [0.2, 0.25) is 0 Å². The highest BCUT2D eigenvalue weighted by Crippen LogP contribution is 2.38. The van der Waals surface area contributed by atoms with Crippen molar-refractivity contribution in [2.24, 2.45) is 0 Å². The van der Waals surface area contributed by atoms with Crippen molar-refractivity contribution in [2.45, 2.75) is 43.7 Å². The molecule has 3 unspecified atom stereocenters. The number of piperidine rings is 1. The fourth-order valence-corrected chi connectivity index (χ4v) is 4.93. The van der Waals surface area contributed by atoms with E-state index in [1.54, 1.807) is 12.1 Å². The summed E-state index contributed by atoms with van der Waals surface area (Å²) in [5.41, 5.74) is 4.04. The van der Waals surface area contributed by atoms with E-state index in [-0.39, 0.29) is 29.8 Å².